The SMILES string of the molecule is Fc1ccc(-c2[nH]c3c(F)cc(F)cc3c2C2CCC2)cc1.N#CCC(N)=O. The molecule has 7 heteroatoms. The van der Waals surface area contributed by atoms with Crippen molar-refractivity contribution in [2.75, 3.05) is 0 Å². The van der Waals surface area contributed by atoms with E-state index in [9.17, 15) is 18.0 Å². The van der Waals surface area contributed by atoms with Crippen LogP contribution in [-0.4, -0.2) is 10.9 Å². The molecule has 144 valence electrons. The van der Waals surface area contributed by atoms with E-state index in [1.165, 1.54) is 18.2 Å². The van der Waals surface area contributed by atoms with Crippen LogP contribution in [0.5, 0.6) is 0 Å². The summed E-state index contributed by atoms with van der Waals surface area (Å²) < 4.78 is 40.8. The Hall–Kier alpha value is -3.27. The molecule has 3 aromatic rings. The maximum atomic E-state index is 14.1. The lowest BCUT2D eigenvalue weighted by Crippen LogP contribution is -2.09. The van der Waals surface area contributed by atoms with Gasteiger partial charge in [0, 0.05) is 11.5 Å². The summed E-state index contributed by atoms with van der Waals surface area (Å²) >= 11 is 0. The molecule has 4 rings (SSSR count). The molecule has 1 saturated carbocycles. The zero-order chi connectivity index (χ0) is 20.3. The maximum Gasteiger partial charge on any atom is 0.231 e. The van der Waals surface area contributed by atoms with Gasteiger partial charge in [-0.1, -0.05) is 6.42 Å². The predicted molar refractivity (Wildman–Crippen MR) is 99.6 cm³/mol. The number of fused-ring (bicyclic) bond motifs is 1. The fraction of sp³-hybridized carbons (Fsp3) is 0.238. The Morgan fingerprint density at radius 1 is 1.14 bits per heavy atom. The van der Waals surface area contributed by atoms with Crippen molar-refractivity contribution in [3.8, 4) is 17.3 Å². The third kappa shape index (κ3) is 4.01. The molecular weight excluding hydrogens is 367 g/mol. The molecule has 0 spiro atoms. The second kappa shape index (κ2) is 8.17. The van der Waals surface area contributed by atoms with Gasteiger partial charge in [0.1, 0.15) is 23.9 Å². The van der Waals surface area contributed by atoms with Gasteiger partial charge >= 0.3 is 0 Å². The number of primary amides is 1. The average molecular weight is 385 g/mol. The van der Waals surface area contributed by atoms with Crippen molar-refractivity contribution in [1.82, 2.24) is 4.98 Å². The van der Waals surface area contributed by atoms with E-state index >= 15 is 0 Å². The number of carbonyl (C=O) groups is 1. The summed E-state index contributed by atoms with van der Waals surface area (Å²) in [5, 5.41) is 8.28. The van der Waals surface area contributed by atoms with E-state index in [1.807, 2.05) is 0 Å². The third-order valence-electron chi connectivity index (χ3n) is 4.76. The molecule has 1 fully saturated rings. The Balaban J connectivity index is 0.000000330. The third-order valence-corrected chi connectivity index (χ3v) is 4.76. The maximum absolute atomic E-state index is 14.1. The topological polar surface area (TPSA) is 82.7 Å². The first-order chi connectivity index (χ1) is 13.4. The fourth-order valence-corrected chi connectivity index (χ4v) is 3.28. The second-order valence-electron chi connectivity index (χ2n) is 6.66. The van der Waals surface area contributed by atoms with Crippen LogP contribution in [0.3, 0.4) is 0 Å². The van der Waals surface area contributed by atoms with Gasteiger partial charge in [0.05, 0.1) is 17.3 Å². The lowest BCUT2D eigenvalue weighted by Gasteiger charge is -2.26. The Morgan fingerprint density at radius 2 is 1.82 bits per heavy atom. The summed E-state index contributed by atoms with van der Waals surface area (Å²) in [4.78, 5) is 12.7. The van der Waals surface area contributed by atoms with Crippen LogP contribution >= 0.6 is 0 Å². The van der Waals surface area contributed by atoms with Crippen LogP contribution in [0.2, 0.25) is 0 Å². The van der Waals surface area contributed by atoms with E-state index < -0.39 is 17.5 Å². The van der Waals surface area contributed by atoms with Gasteiger partial charge in [-0.05, 0) is 60.2 Å². The van der Waals surface area contributed by atoms with Crippen LogP contribution in [0, 0.1) is 28.8 Å². The minimum atomic E-state index is -0.594. The van der Waals surface area contributed by atoms with E-state index in [-0.39, 0.29) is 12.2 Å². The summed E-state index contributed by atoms with van der Waals surface area (Å²) in [6.07, 6.45) is 2.97. The number of aromatic amines is 1. The number of aromatic nitrogens is 1. The Kier molecular flexibility index (Phi) is 5.69. The second-order valence-corrected chi connectivity index (χ2v) is 6.66. The van der Waals surface area contributed by atoms with Crippen LogP contribution in [0.25, 0.3) is 22.2 Å². The lowest BCUT2D eigenvalue weighted by molar-refractivity contribution is -0.117. The summed E-state index contributed by atoms with van der Waals surface area (Å²) in [6, 6.07) is 9.94. The molecule has 1 heterocycles. The zero-order valence-corrected chi connectivity index (χ0v) is 14.9. The number of benzene rings is 2. The van der Waals surface area contributed by atoms with Crippen molar-refractivity contribution in [1.29, 1.82) is 5.26 Å². The number of nitrogens with zero attached hydrogens (tertiary/aromatic N) is 1. The van der Waals surface area contributed by atoms with Crippen LogP contribution in [0.1, 0.15) is 37.2 Å². The van der Waals surface area contributed by atoms with Gasteiger partial charge in [-0.2, -0.15) is 5.26 Å². The number of halogens is 3. The first-order valence-electron chi connectivity index (χ1n) is 8.82. The Labute approximate surface area is 159 Å². The van der Waals surface area contributed by atoms with Crippen LogP contribution in [0.4, 0.5) is 13.2 Å². The standard InChI is InChI=1S/C18H14F3N.C3H4N2O/c19-12-6-4-11(5-7-12)17-16(10-2-1-3-10)14-8-13(20)9-15(21)18(14)22-17;4-2-1-3(5)6/h4-10,22H,1-3H2;1H2,(H2,5,6). The van der Waals surface area contributed by atoms with Gasteiger partial charge < -0.3 is 10.7 Å². The summed E-state index contributed by atoms with van der Waals surface area (Å²) in [6.45, 7) is 0. The highest BCUT2D eigenvalue weighted by Crippen LogP contribution is 2.45. The molecule has 0 radical (unpaired) electrons. The summed E-state index contributed by atoms with van der Waals surface area (Å²) in [5.41, 5.74) is 7.37. The minimum Gasteiger partial charge on any atom is -0.369 e. The highest BCUT2D eigenvalue weighted by Gasteiger charge is 2.27. The van der Waals surface area contributed by atoms with Gasteiger partial charge in [-0.15, -0.1) is 0 Å². The van der Waals surface area contributed by atoms with E-state index in [0.29, 0.717) is 16.8 Å². The van der Waals surface area contributed by atoms with E-state index in [0.717, 1.165) is 42.1 Å². The summed E-state index contributed by atoms with van der Waals surface area (Å²) in [5.74, 6) is -1.76. The Morgan fingerprint density at radius 3 is 2.32 bits per heavy atom. The quantitative estimate of drug-likeness (QED) is 0.672. The predicted octanol–water partition coefficient (Wildman–Crippen LogP) is 4.91. The summed E-state index contributed by atoms with van der Waals surface area (Å²) in [7, 11) is 0. The highest BCUT2D eigenvalue weighted by molar-refractivity contribution is 5.92. The molecule has 0 saturated heterocycles. The smallest absolute Gasteiger partial charge is 0.231 e. The molecule has 28 heavy (non-hydrogen) atoms. The van der Waals surface area contributed by atoms with Crippen LogP contribution in [-0.2, 0) is 4.79 Å². The van der Waals surface area contributed by atoms with Gasteiger partial charge in [-0.25, -0.2) is 13.2 Å². The normalized spacial score (nSPS) is 13.4. The first-order valence-corrected chi connectivity index (χ1v) is 8.82. The molecule has 0 atom stereocenters. The number of nitrogens with one attached hydrogen (secondary N) is 1. The molecule has 1 aliphatic rings. The number of carbonyl (C=O) groups excluding carboxylic acids is 1. The highest BCUT2D eigenvalue weighted by atomic mass is 19.1. The largest absolute Gasteiger partial charge is 0.369 e. The van der Waals surface area contributed by atoms with Crippen molar-refractivity contribution >= 4 is 16.8 Å². The number of hydrogen-bond donors (Lipinski definition) is 2. The molecule has 4 nitrogen and oxygen atoms in total. The number of rotatable bonds is 3. The zero-order valence-electron chi connectivity index (χ0n) is 14.9. The average Bonchev–Trinajstić information content (AvgIpc) is 2.94. The fourth-order valence-electron chi connectivity index (χ4n) is 3.28. The molecule has 0 aliphatic heterocycles. The molecule has 0 bridgehead atoms. The molecule has 2 aromatic carbocycles. The lowest BCUT2D eigenvalue weighted by atomic mass is 9.78. The molecule has 3 N–H and O–H groups in total. The van der Waals surface area contributed by atoms with Crippen molar-refractivity contribution in [3.63, 3.8) is 0 Å². The number of amides is 1. The van der Waals surface area contributed by atoms with Gasteiger partial charge in [0.25, 0.3) is 0 Å². The van der Waals surface area contributed by atoms with Crippen molar-refractivity contribution < 1.29 is 18.0 Å². The number of nitrogens with two attached hydrogens (primary N) is 1. The van der Waals surface area contributed by atoms with E-state index in [2.05, 4.69) is 10.7 Å². The number of hydrogen-bond acceptors (Lipinski definition) is 2. The van der Waals surface area contributed by atoms with Crippen LogP contribution in [0.15, 0.2) is 36.4 Å². The van der Waals surface area contributed by atoms with Gasteiger partial charge in [0.15, 0.2) is 0 Å². The van der Waals surface area contributed by atoms with Crippen molar-refractivity contribution in [2.45, 2.75) is 31.6 Å². The van der Waals surface area contributed by atoms with Gasteiger partial charge in [0.2, 0.25) is 5.91 Å². The number of H-pyrrole nitrogens is 1. The molecule has 0 unspecified atom stereocenters. The molecule has 1 aromatic heterocycles. The van der Waals surface area contributed by atoms with E-state index in [4.69, 9.17) is 5.26 Å². The van der Waals surface area contributed by atoms with Crippen molar-refractivity contribution in [3.05, 3.63) is 59.4 Å². The van der Waals surface area contributed by atoms with E-state index in [1.54, 1.807) is 18.2 Å². The monoisotopic (exact) mass is 385 g/mol. The van der Waals surface area contributed by atoms with Gasteiger partial charge in [-0.3, -0.25) is 4.79 Å². The first kappa shape index (κ1) is 19.5. The van der Waals surface area contributed by atoms with Crippen LogP contribution < -0.4 is 5.73 Å². The minimum absolute atomic E-state index is 0.181. The Bertz CT molecular complexity index is 1050. The number of nitriles is 1. The van der Waals surface area contributed by atoms with Crippen molar-refractivity contribution in [2.24, 2.45) is 5.73 Å². The molecular formula is C21H18F3N3O. The molecule has 1 amide bonds. The molecule has 1 aliphatic carbocycles.